The number of fused-ring (bicyclic) bond motifs is 1. The van der Waals surface area contributed by atoms with Gasteiger partial charge < -0.3 is 4.74 Å². The summed E-state index contributed by atoms with van der Waals surface area (Å²) in [6, 6.07) is 5.24. The van der Waals surface area contributed by atoms with Gasteiger partial charge in [-0.25, -0.2) is 0 Å². The van der Waals surface area contributed by atoms with Gasteiger partial charge in [-0.15, -0.1) is 0 Å². The molecule has 0 saturated carbocycles. The van der Waals surface area contributed by atoms with E-state index in [2.05, 4.69) is 42.8 Å². The molecule has 1 atom stereocenters. The summed E-state index contributed by atoms with van der Waals surface area (Å²) in [6.07, 6.45) is 5.24. The average Bonchev–Trinajstić information content (AvgIpc) is 2.53. The summed E-state index contributed by atoms with van der Waals surface area (Å²) < 4.78 is 5.98. The third-order valence-electron chi connectivity index (χ3n) is 5.31. The zero-order chi connectivity index (χ0) is 15.5. The Balaban J connectivity index is 1.87. The quantitative estimate of drug-likeness (QED) is 0.845. The number of ether oxygens (including phenoxy) is 1. The summed E-state index contributed by atoms with van der Waals surface area (Å²) in [5.74, 6) is 1.11. The lowest BCUT2D eigenvalue weighted by Crippen LogP contribution is -2.31. The number of rotatable bonds is 4. The first kappa shape index (κ1) is 15.8. The van der Waals surface area contributed by atoms with Crippen molar-refractivity contribution in [1.82, 2.24) is 9.80 Å². The molecular weight excluding hydrogens is 272 g/mol. The largest absolute Gasteiger partial charge is 0.494 e. The Morgan fingerprint density at radius 1 is 1.14 bits per heavy atom. The van der Waals surface area contributed by atoms with Crippen LogP contribution in [0.1, 0.15) is 55.8 Å². The van der Waals surface area contributed by atoms with E-state index in [0.29, 0.717) is 6.04 Å². The van der Waals surface area contributed by atoms with E-state index in [1.165, 1.54) is 49.0 Å². The Labute approximate surface area is 135 Å². The molecule has 1 unspecified atom stereocenters. The van der Waals surface area contributed by atoms with Gasteiger partial charge in [0.25, 0.3) is 0 Å². The maximum Gasteiger partial charge on any atom is 0.124 e. The number of likely N-dealkylation sites (N-methyl/N-ethyl adjacent to an activating group) is 1. The highest BCUT2D eigenvalue weighted by Gasteiger charge is 2.23. The molecule has 2 heterocycles. The highest BCUT2D eigenvalue weighted by atomic mass is 16.5. The molecule has 1 aromatic carbocycles. The topological polar surface area (TPSA) is 15.7 Å². The van der Waals surface area contributed by atoms with Crippen LogP contribution in [-0.2, 0) is 13.0 Å². The van der Waals surface area contributed by atoms with Gasteiger partial charge in [-0.1, -0.05) is 12.5 Å². The predicted molar refractivity (Wildman–Crippen MR) is 91.5 cm³/mol. The third-order valence-corrected chi connectivity index (χ3v) is 5.31. The molecule has 122 valence electrons. The number of hydrogen-bond acceptors (Lipinski definition) is 3. The maximum atomic E-state index is 5.98. The molecule has 1 saturated heterocycles. The smallest absolute Gasteiger partial charge is 0.124 e. The number of piperidine rings is 1. The molecule has 0 aliphatic carbocycles. The fourth-order valence-electron chi connectivity index (χ4n) is 3.80. The lowest BCUT2D eigenvalue weighted by atomic mass is 9.91. The molecule has 2 aliphatic rings. The van der Waals surface area contributed by atoms with Gasteiger partial charge in [0, 0.05) is 24.7 Å². The Morgan fingerprint density at radius 2 is 1.91 bits per heavy atom. The molecule has 22 heavy (non-hydrogen) atoms. The van der Waals surface area contributed by atoms with Gasteiger partial charge in [0.1, 0.15) is 5.75 Å². The van der Waals surface area contributed by atoms with Crippen molar-refractivity contribution in [3.63, 3.8) is 0 Å². The van der Waals surface area contributed by atoms with Crippen molar-refractivity contribution < 1.29 is 4.74 Å². The van der Waals surface area contributed by atoms with Crippen molar-refractivity contribution in [2.45, 2.75) is 52.1 Å². The van der Waals surface area contributed by atoms with E-state index in [4.69, 9.17) is 4.74 Å². The lowest BCUT2D eigenvalue weighted by Gasteiger charge is -2.34. The summed E-state index contributed by atoms with van der Waals surface area (Å²) in [5.41, 5.74) is 4.37. The minimum absolute atomic E-state index is 0.493. The van der Waals surface area contributed by atoms with Crippen LogP contribution >= 0.6 is 0 Å². The molecule has 0 aromatic heterocycles. The fourth-order valence-corrected chi connectivity index (χ4v) is 3.80. The summed E-state index contributed by atoms with van der Waals surface area (Å²) in [4.78, 5) is 5.02. The van der Waals surface area contributed by atoms with Crippen LogP contribution in [0.15, 0.2) is 12.1 Å². The van der Waals surface area contributed by atoms with Crippen molar-refractivity contribution in [3.05, 3.63) is 28.8 Å². The second-order valence-electron chi connectivity index (χ2n) is 6.84. The van der Waals surface area contributed by atoms with Crippen LogP contribution in [0.2, 0.25) is 0 Å². The number of hydrogen-bond donors (Lipinski definition) is 0. The van der Waals surface area contributed by atoms with Gasteiger partial charge in [0.15, 0.2) is 0 Å². The molecule has 3 rings (SSSR count). The third kappa shape index (κ3) is 3.31. The highest BCUT2D eigenvalue weighted by Crippen LogP contribution is 2.34. The monoisotopic (exact) mass is 302 g/mol. The Kier molecular flexibility index (Phi) is 5.04. The van der Waals surface area contributed by atoms with Gasteiger partial charge >= 0.3 is 0 Å². The number of benzene rings is 1. The van der Waals surface area contributed by atoms with Crippen molar-refractivity contribution in [3.8, 4) is 5.75 Å². The van der Waals surface area contributed by atoms with Crippen molar-refractivity contribution in [2.24, 2.45) is 0 Å². The molecule has 3 nitrogen and oxygen atoms in total. The van der Waals surface area contributed by atoms with Crippen molar-refractivity contribution >= 4 is 0 Å². The highest BCUT2D eigenvalue weighted by molar-refractivity contribution is 5.45. The molecule has 3 heteroatoms. The normalized spacial score (nSPS) is 23.3. The number of nitrogens with zero attached hydrogens (tertiary/aromatic N) is 2. The number of likely N-dealkylation sites (tertiary alicyclic amines) is 1. The first-order valence-electron chi connectivity index (χ1n) is 8.90. The van der Waals surface area contributed by atoms with Crippen LogP contribution in [0.25, 0.3) is 0 Å². The maximum absolute atomic E-state index is 5.98. The van der Waals surface area contributed by atoms with E-state index in [9.17, 15) is 0 Å². The second kappa shape index (κ2) is 7.01. The van der Waals surface area contributed by atoms with Crippen LogP contribution in [0.5, 0.6) is 5.75 Å². The molecule has 0 spiro atoms. The van der Waals surface area contributed by atoms with E-state index in [0.717, 1.165) is 31.9 Å². The van der Waals surface area contributed by atoms with Gasteiger partial charge in [-0.05, 0) is 70.4 Å². The lowest BCUT2D eigenvalue weighted by molar-refractivity contribution is 0.215. The summed E-state index contributed by atoms with van der Waals surface area (Å²) in [7, 11) is 2.22. The Morgan fingerprint density at radius 3 is 2.64 bits per heavy atom. The molecule has 0 N–H and O–H groups in total. The minimum atomic E-state index is 0.493. The Bertz CT molecular complexity index is 508. The van der Waals surface area contributed by atoms with E-state index in [-0.39, 0.29) is 0 Å². The molecule has 1 aromatic rings. The standard InChI is InChI=1S/C19H30N2O/c1-4-22-19-13-18-15(2)20(3)11-8-16(18)12-17(19)14-21-9-6-5-7-10-21/h12-13,15H,4-11,14H2,1-3H3. The molecule has 0 radical (unpaired) electrons. The van der Waals surface area contributed by atoms with Crippen LogP contribution in [0.4, 0.5) is 0 Å². The zero-order valence-corrected chi connectivity index (χ0v) is 14.4. The predicted octanol–water partition coefficient (Wildman–Crippen LogP) is 3.62. The van der Waals surface area contributed by atoms with E-state index in [1.807, 2.05) is 0 Å². The van der Waals surface area contributed by atoms with Crippen LogP contribution in [0.3, 0.4) is 0 Å². The van der Waals surface area contributed by atoms with Gasteiger partial charge in [-0.2, -0.15) is 0 Å². The Hall–Kier alpha value is -1.06. The first-order valence-corrected chi connectivity index (χ1v) is 8.90. The summed E-state index contributed by atoms with van der Waals surface area (Å²) in [6.45, 7) is 9.81. The van der Waals surface area contributed by atoms with Crippen LogP contribution in [0, 0.1) is 0 Å². The minimum Gasteiger partial charge on any atom is -0.494 e. The van der Waals surface area contributed by atoms with Crippen molar-refractivity contribution in [1.29, 1.82) is 0 Å². The molecule has 1 fully saturated rings. The average molecular weight is 302 g/mol. The fraction of sp³-hybridized carbons (Fsp3) is 0.684. The summed E-state index contributed by atoms with van der Waals surface area (Å²) in [5, 5.41) is 0. The zero-order valence-electron chi connectivity index (χ0n) is 14.4. The van der Waals surface area contributed by atoms with Gasteiger partial charge in [-0.3, -0.25) is 9.80 Å². The van der Waals surface area contributed by atoms with E-state index >= 15 is 0 Å². The molecule has 2 aliphatic heterocycles. The van der Waals surface area contributed by atoms with Gasteiger partial charge in [0.05, 0.1) is 6.61 Å². The molecule has 0 amide bonds. The van der Waals surface area contributed by atoms with E-state index in [1.54, 1.807) is 0 Å². The molecular formula is C19H30N2O. The van der Waals surface area contributed by atoms with Gasteiger partial charge in [0.2, 0.25) is 0 Å². The first-order chi connectivity index (χ1) is 10.7. The van der Waals surface area contributed by atoms with Crippen molar-refractivity contribution in [2.75, 3.05) is 33.3 Å². The van der Waals surface area contributed by atoms with Crippen LogP contribution in [-0.4, -0.2) is 43.1 Å². The SMILES string of the molecule is CCOc1cc2c(cc1CN1CCCCC1)CCN(C)C2C. The van der Waals surface area contributed by atoms with E-state index < -0.39 is 0 Å². The molecule has 0 bridgehead atoms. The summed E-state index contributed by atoms with van der Waals surface area (Å²) >= 11 is 0. The second-order valence-corrected chi connectivity index (χ2v) is 6.84. The van der Waals surface area contributed by atoms with Crippen LogP contribution < -0.4 is 4.74 Å².